The number of sulfonamides is 1. The Kier molecular flexibility index (Phi) is 5.73. The average Bonchev–Trinajstić information content (AvgIpc) is 3.31. The highest BCUT2D eigenvalue weighted by molar-refractivity contribution is 7.89. The highest BCUT2D eigenvalue weighted by atomic mass is 32.2. The van der Waals surface area contributed by atoms with Crippen molar-refractivity contribution in [2.75, 3.05) is 7.05 Å². The summed E-state index contributed by atoms with van der Waals surface area (Å²) in [5.74, 6) is -0.202. The minimum atomic E-state index is -3.81. The van der Waals surface area contributed by atoms with E-state index in [-0.39, 0.29) is 23.5 Å². The van der Waals surface area contributed by atoms with Gasteiger partial charge in [-0.25, -0.2) is 22.5 Å². The number of fused-ring (bicyclic) bond motifs is 1. The predicted molar refractivity (Wildman–Crippen MR) is 113 cm³/mol. The van der Waals surface area contributed by atoms with Crippen molar-refractivity contribution in [3.8, 4) is 0 Å². The molecule has 0 amide bonds. The number of imidazole rings is 1. The molecular weight excluding hydrogens is 403 g/mol. The Morgan fingerprint density at radius 1 is 1.23 bits per heavy atom. The molecule has 0 radical (unpaired) electrons. The molecule has 0 saturated carbocycles. The summed E-state index contributed by atoms with van der Waals surface area (Å²) in [6, 6.07) is 13.8. The van der Waals surface area contributed by atoms with Crippen LogP contribution in [0.3, 0.4) is 0 Å². The van der Waals surface area contributed by atoms with Crippen molar-refractivity contribution >= 4 is 10.0 Å². The number of likely N-dealkylation sites (N-methyl/N-ethyl adjacent to an activating group) is 1. The molecule has 1 aliphatic carbocycles. The van der Waals surface area contributed by atoms with Crippen molar-refractivity contribution < 1.29 is 12.8 Å². The Labute approximate surface area is 176 Å². The Hall–Kier alpha value is -2.55. The molecule has 0 spiro atoms. The summed E-state index contributed by atoms with van der Waals surface area (Å²) in [6.07, 6.45) is 4.41. The molecule has 0 aliphatic heterocycles. The van der Waals surface area contributed by atoms with Gasteiger partial charge in [-0.2, -0.15) is 0 Å². The summed E-state index contributed by atoms with van der Waals surface area (Å²) in [4.78, 5) is 3.87. The van der Waals surface area contributed by atoms with E-state index in [1.54, 1.807) is 17.7 Å². The second-order valence-corrected chi connectivity index (χ2v) is 9.45. The second kappa shape index (κ2) is 8.29. The molecule has 2 aromatic carbocycles. The van der Waals surface area contributed by atoms with Gasteiger partial charge in [0.1, 0.15) is 5.82 Å². The minimum absolute atomic E-state index is 0.0798. The van der Waals surface area contributed by atoms with E-state index in [4.69, 9.17) is 0 Å². The van der Waals surface area contributed by atoms with Gasteiger partial charge in [-0.05, 0) is 42.6 Å². The van der Waals surface area contributed by atoms with Crippen molar-refractivity contribution in [3.63, 3.8) is 0 Å². The first kappa shape index (κ1) is 20.7. The standard InChI is InChI=1S/C22H25FN4O2S/c1-24-21-11-16-10-20(23)17(12-26-30(28,29)22-13-27(2)14-25-22)9-18(16)19(21)8-15-6-4-3-5-7-15/h3-7,9-10,13-14,19,21,24,26H,8,11-12H2,1-2H3/t19-,21-/m1/s1. The second-order valence-electron chi connectivity index (χ2n) is 7.74. The molecule has 6 nitrogen and oxygen atoms in total. The van der Waals surface area contributed by atoms with Crippen molar-refractivity contribution in [1.29, 1.82) is 0 Å². The molecule has 0 unspecified atom stereocenters. The van der Waals surface area contributed by atoms with E-state index in [9.17, 15) is 12.8 Å². The number of nitrogens with one attached hydrogen (secondary N) is 2. The van der Waals surface area contributed by atoms with Crippen LogP contribution in [0.15, 0.2) is 60.0 Å². The van der Waals surface area contributed by atoms with Crippen LogP contribution in [0.25, 0.3) is 0 Å². The van der Waals surface area contributed by atoms with Gasteiger partial charge in [-0.3, -0.25) is 0 Å². The lowest BCUT2D eigenvalue weighted by atomic mass is 9.90. The normalized spacial score (nSPS) is 18.5. The summed E-state index contributed by atoms with van der Waals surface area (Å²) in [7, 11) is -0.192. The van der Waals surface area contributed by atoms with Gasteiger partial charge in [0.05, 0.1) is 6.33 Å². The highest BCUT2D eigenvalue weighted by Gasteiger charge is 2.32. The third-order valence-electron chi connectivity index (χ3n) is 5.71. The maximum absolute atomic E-state index is 14.7. The van der Waals surface area contributed by atoms with Crippen molar-refractivity contribution in [2.45, 2.75) is 36.4 Å². The number of hydrogen-bond donors (Lipinski definition) is 2. The Bertz CT molecular complexity index is 1150. The summed E-state index contributed by atoms with van der Waals surface area (Å²) < 4.78 is 43.7. The number of halogens is 1. The van der Waals surface area contributed by atoms with E-state index < -0.39 is 15.8 Å². The molecule has 30 heavy (non-hydrogen) atoms. The molecule has 1 aliphatic rings. The van der Waals surface area contributed by atoms with Gasteiger partial charge < -0.3 is 9.88 Å². The first-order valence-corrected chi connectivity index (χ1v) is 11.4. The zero-order valence-electron chi connectivity index (χ0n) is 17.0. The van der Waals surface area contributed by atoms with Crippen LogP contribution in [0, 0.1) is 5.82 Å². The fourth-order valence-electron chi connectivity index (χ4n) is 4.13. The number of aromatic nitrogens is 2. The van der Waals surface area contributed by atoms with Crippen molar-refractivity contribution in [2.24, 2.45) is 7.05 Å². The van der Waals surface area contributed by atoms with Crippen LogP contribution in [-0.2, 0) is 36.5 Å². The van der Waals surface area contributed by atoms with Gasteiger partial charge in [-0.1, -0.05) is 36.4 Å². The van der Waals surface area contributed by atoms with Gasteiger partial charge >= 0.3 is 0 Å². The number of rotatable bonds is 7. The Morgan fingerprint density at radius 2 is 2.00 bits per heavy atom. The number of benzene rings is 2. The van der Waals surface area contributed by atoms with Crippen LogP contribution in [0.1, 0.15) is 28.2 Å². The fourth-order valence-corrected chi connectivity index (χ4v) is 5.11. The molecule has 0 fully saturated rings. The smallest absolute Gasteiger partial charge is 0.259 e. The van der Waals surface area contributed by atoms with E-state index in [0.717, 1.165) is 24.0 Å². The Balaban J connectivity index is 1.59. The molecule has 0 bridgehead atoms. The molecule has 1 heterocycles. The largest absolute Gasteiger partial charge is 0.339 e. The van der Waals surface area contributed by atoms with Crippen LogP contribution in [0.5, 0.6) is 0 Å². The lowest BCUT2D eigenvalue weighted by molar-refractivity contribution is 0.492. The van der Waals surface area contributed by atoms with Gasteiger partial charge in [-0.15, -0.1) is 0 Å². The minimum Gasteiger partial charge on any atom is -0.339 e. The summed E-state index contributed by atoms with van der Waals surface area (Å²) >= 11 is 0. The lowest BCUT2D eigenvalue weighted by Crippen LogP contribution is -2.30. The molecular formula is C22H25FN4O2S. The maximum Gasteiger partial charge on any atom is 0.259 e. The lowest BCUT2D eigenvalue weighted by Gasteiger charge is -2.20. The van der Waals surface area contributed by atoms with Crippen LogP contribution in [-0.4, -0.2) is 31.1 Å². The molecule has 0 saturated heterocycles. The summed E-state index contributed by atoms with van der Waals surface area (Å²) in [6.45, 7) is -0.125. The predicted octanol–water partition coefficient (Wildman–Crippen LogP) is 2.51. The maximum atomic E-state index is 14.7. The topological polar surface area (TPSA) is 76.0 Å². The summed E-state index contributed by atoms with van der Waals surface area (Å²) in [5.41, 5.74) is 3.61. The van der Waals surface area contributed by atoms with E-state index in [0.29, 0.717) is 5.56 Å². The Morgan fingerprint density at radius 3 is 2.67 bits per heavy atom. The van der Waals surface area contributed by atoms with Crippen molar-refractivity contribution in [3.05, 3.63) is 83.1 Å². The quantitative estimate of drug-likeness (QED) is 0.606. The first-order chi connectivity index (χ1) is 14.4. The monoisotopic (exact) mass is 428 g/mol. The molecule has 2 N–H and O–H groups in total. The number of nitrogens with zero attached hydrogens (tertiary/aromatic N) is 2. The van der Waals surface area contributed by atoms with E-state index >= 15 is 0 Å². The molecule has 2 atom stereocenters. The van der Waals surface area contributed by atoms with E-state index in [1.807, 2.05) is 31.3 Å². The van der Waals surface area contributed by atoms with Crippen molar-refractivity contribution in [1.82, 2.24) is 19.6 Å². The SMILES string of the molecule is CN[C@@H]1Cc2cc(F)c(CNS(=O)(=O)c3cn(C)cn3)cc2[C@H]1Cc1ccccc1. The zero-order valence-corrected chi connectivity index (χ0v) is 17.8. The van der Waals surface area contributed by atoms with Crippen LogP contribution < -0.4 is 10.0 Å². The highest BCUT2D eigenvalue weighted by Crippen LogP contribution is 2.37. The van der Waals surface area contributed by atoms with E-state index in [2.05, 4.69) is 27.2 Å². The zero-order chi connectivity index (χ0) is 21.3. The first-order valence-electron chi connectivity index (χ1n) is 9.87. The van der Waals surface area contributed by atoms with Gasteiger partial charge in [0.2, 0.25) is 0 Å². The van der Waals surface area contributed by atoms with Crippen LogP contribution in [0.2, 0.25) is 0 Å². The molecule has 1 aromatic heterocycles. The molecule has 4 rings (SSSR count). The van der Waals surface area contributed by atoms with Crippen LogP contribution in [0.4, 0.5) is 4.39 Å². The molecule has 158 valence electrons. The molecule has 3 aromatic rings. The van der Waals surface area contributed by atoms with Gasteiger partial charge in [0.25, 0.3) is 10.0 Å². The fraction of sp³-hybridized carbons (Fsp3) is 0.318. The van der Waals surface area contributed by atoms with E-state index in [1.165, 1.54) is 18.1 Å². The van der Waals surface area contributed by atoms with Gasteiger partial charge in [0, 0.05) is 37.3 Å². The van der Waals surface area contributed by atoms with Gasteiger partial charge in [0.15, 0.2) is 5.03 Å². The molecule has 8 heteroatoms. The third kappa shape index (κ3) is 4.16. The number of aryl methyl sites for hydroxylation is 1. The average molecular weight is 429 g/mol. The summed E-state index contributed by atoms with van der Waals surface area (Å²) in [5, 5.41) is 3.28. The van der Waals surface area contributed by atoms with Crippen LogP contribution >= 0.6 is 0 Å². The third-order valence-corrected chi connectivity index (χ3v) is 7.00. The number of hydrogen-bond acceptors (Lipinski definition) is 4.